The van der Waals surface area contributed by atoms with Crippen molar-refractivity contribution in [1.82, 2.24) is 4.90 Å². The van der Waals surface area contributed by atoms with E-state index in [4.69, 9.17) is 0 Å². The molecular formula is C29H37NS. The average molecular weight is 432 g/mol. The lowest BCUT2D eigenvalue weighted by Gasteiger charge is -2.64. The van der Waals surface area contributed by atoms with E-state index < -0.39 is 0 Å². The summed E-state index contributed by atoms with van der Waals surface area (Å²) >= 11 is 2.07. The summed E-state index contributed by atoms with van der Waals surface area (Å²) in [5, 5.41) is 0. The van der Waals surface area contributed by atoms with Crippen molar-refractivity contribution in [3.05, 3.63) is 83.1 Å². The van der Waals surface area contributed by atoms with Gasteiger partial charge in [-0.25, -0.2) is 0 Å². The number of benzene rings is 2. The predicted molar refractivity (Wildman–Crippen MR) is 137 cm³/mol. The molecule has 4 rings (SSSR count). The van der Waals surface area contributed by atoms with Crippen LogP contribution in [0.15, 0.2) is 71.9 Å². The second-order valence-electron chi connectivity index (χ2n) is 12.0. The molecule has 2 heteroatoms. The van der Waals surface area contributed by atoms with Gasteiger partial charge < -0.3 is 4.90 Å². The van der Waals surface area contributed by atoms with Crippen LogP contribution in [0.4, 0.5) is 0 Å². The first kappa shape index (κ1) is 22.3. The van der Waals surface area contributed by atoms with E-state index in [1.54, 1.807) is 5.57 Å². The van der Waals surface area contributed by atoms with Crippen molar-refractivity contribution in [2.75, 3.05) is 0 Å². The van der Waals surface area contributed by atoms with Gasteiger partial charge in [0.2, 0.25) is 0 Å². The largest absolute Gasteiger partial charge is 0.323 e. The van der Waals surface area contributed by atoms with E-state index in [-0.39, 0.29) is 21.1 Å². The topological polar surface area (TPSA) is 3.24 Å². The maximum atomic E-state index is 2.72. The van der Waals surface area contributed by atoms with Crippen molar-refractivity contribution in [1.29, 1.82) is 0 Å². The Bertz CT molecular complexity index is 1040. The molecule has 164 valence electrons. The molecule has 0 saturated carbocycles. The lowest BCUT2D eigenvalue weighted by molar-refractivity contribution is 0.0870. The van der Waals surface area contributed by atoms with E-state index in [1.165, 1.54) is 27.4 Å². The van der Waals surface area contributed by atoms with Crippen molar-refractivity contribution in [2.45, 2.75) is 67.2 Å². The van der Waals surface area contributed by atoms with E-state index in [0.29, 0.717) is 0 Å². The Morgan fingerprint density at radius 2 is 1.13 bits per heavy atom. The standard InChI is InChI=1S/C29H37NS/c1-26(2,3)24-25(27(4,5)6)30-22(20-16-12-10-13-17-20)23(21-18-14-11-15-19-21)31-29(24,30)28(7,8)9/h10-19H,1-9H3. The summed E-state index contributed by atoms with van der Waals surface area (Å²) in [6.45, 7) is 21.5. The summed E-state index contributed by atoms with van der Waals surface area (Å²) in [6.07, 6.45) is 0. The number of allylic oxidation sites excluding steroid dienone is 1. The fourth-order valence-electron chi connectivity index (χ4n) is 5.23. The molecule has 0 amide bonds. The highest BCUT2D eigenvalue weighted by molar-refractivity contribution is 8.10. The van der Waals surface area contributed by atoms with E-state index in [2.05, 4.69) is 140 Å². The van der Waals surface area contributed by atoms with Crippen LogP contribution in [0.1, 0.15) is 73.4 Å². The van der Waals surface area contributed by atoms with Crippen LogP contribution in [0.25, 0.3) is 10.6 Å². The molecule has 0 aromatic heterocycles. The van der Waals surface area contributed by atoms with E-state index >= 15 is 0 Å². The second kappa shape index (κ2) is 7.04. The van der Waals surface area contributed by atoms with Crippen LogP contribution in [0, 0.1) is 16.2 Å². The summed E-state index contributed by atoms with van der Waals surface area (Å²) in [5.41, 5.74) is 7.28. The minimum absolute atomic E-state index is 0.0596. The van der Waals surface area contributed by atoms with Crippen LogP contribution >= 0.6 is 11.8 Å². The predicted octanol–water partition coefficient (Wildman–Crippen LogP) is 8.66. The van der Waals surface area contributed by atoms with Gasteiger partial charge in [-0.15, -0.1) is 0 Å². The highest BCUT2D eigenvalue weighted by Crippen LogP contribution is 2.74. The van der Waals surface area contributed by atoms with Gasteiger partial charge in [0, 0.05) is 16.0 Å². The highest BCUT2D eigenvalue weighted by Gasteiger charge is 2.67. The van der Waals surface area contributed by atoms with Crippen molar-refractivity contribution in [3.63, 3.8) is 0 Å². The molecule has 2 aliphatic rings. The molecule has 0 radical (unpaired) electrons. The zero-order valence-corrected chi connectivity index (χ0v) is 21.4. The lowest BCUT2D eigenvalue weighted by atomic mass is 9.61. The molecule has 1 unspecified atom stereocenters. The zero-order valence-electron chi connectivity index (χ0n) is 20.6. The van der Waals surface area contributed by atoms with Gasteiger partial charge >= 0.3 is 0 Å². The van der Waals surface area contributed by atoms with Gasteiger partial charge in [0.15, 0.2) is 0 Å². The molecule has 31 heavy (non-hydrogen) atoms. The van der Waals surface area contributed by atoms with Gasteiger partial charge in [-0.05, 0) is 27.5 Å². The number of hydrogen-bond acceptors (Lipinski definition) is 2. The first-order valence-electron chi connectivity index (χ1n) is 11.4. The molecule has 2 aliphatic heterocycles. The first-order valence-corrected chi connectivity index (χ1v) is 12.2. The van der Waals surface area contributed by atoms with Gasteiger partial charge in [0.05, 0.1) is 5.70 Å². The summed E-state index contributed by atoms with van der Waals surface area (Å²) in [5.74, 6) is 0. The molecule has 0 bridgehead atoms. The second-order valence-corrected chi connectivity index (χ2v) is 13.2. The molecule has 1 nitrogen and oxygen atoms in total. The molecule has 2 aromatic carbocycles. The SMILES string of the molecule is CC(C)(C)C1=C(C(C)(C)C)C2(C(C)(C)C)SC(c3ccccc3)=C(c3ccccc3)N12. The minimum atomic E-state index is -0.0930. The molecule has 2 aromatic rings. The van der Waals surface area contributed by atoms with Crippen molar-refractivity contribution >= 4 is 22.4 Å². The molecule has 2 heterocycles. The van der Waals surface area contributed by atoms with E-state index in [1.807, 2.05) is 0 Å². The molecule has 0 N–H and O–H groups in total. The van der Waals surface area contributed by atoms with Crippen LogP contribution in [0.5, 0.6) is 0 Å². The third kappa shape index (κ3) is 3.30. The number of fused-ring (bicyclic) bond motifs is 1. The Labute approximate surface area is 193 Å². The third-order valence-electron chi connectivity index (χ3n) is 6.36. The monoisotopic (exact) mass is 431 g/mol. The van der Waals surface area contributed by atoms with Crippen molar-refractivity contribution in [3.8, 4) is 0 Å². The minimum Gasteiger partial charge on any atom is -0.323 e. The fourth-order valence-corrected chi connectivity index (χ4v) is 7.17. The van der Waals surface area contributed by atoms with Crippen LogP contribution in [-0.2, 0) is 0 Å². The Kier molecular flexibility index (Phi) is 5.05. The Morgan fingerprint density at radius 1 is 0.645 bits per heavy atom. The van der Waals surface area contributed by atoms with Gasteiger partial charge in [0.1, 0.15) is 4.87 Å². The van der Waals surface area contributed by atoms with Crippen LogP contribution < -0.4 is 0 Å². The molecule has 0 aliphatic carbocycles. The normalized spacial score (nSPS) is 22.0. The molecule has 0 spiro atoms. The van der Waals surface area contributed by atoms with Crippen molar-refractivity contribution in [2.24, 2.45) is 16.2 Å². The number of rotatable bonds is 2. The highest BCUT2D eigenvalue weighted by atomic mass is 32.2. The Hall–Kier alpha value is -1.93. The van der Waals surface area contributed by atoms with Crippen LogP contribution in [0.2, 0.25) is 0 Å². The summed E-state index contributed by atoms with van der Waals surface area (Å²) in [7, 11) is 0. The number of hydrogen-bond donors (Lipinski definition) is 0. The van der Waals surface area contributed by atoms with Crippen LogP contribution in [0.3, 0.4) is 0 Å². The van der Waals surface area contributed by atoms with E-state index in [9.17, 15) is 0 Å². The summed E-state index contributed by atoms with van der Waals surface area (Å²) < 4.78 is 0. The zero-order chi connectivity index (χ0) is 22.8. The molecule has 0 saturated heterocycles. The quantitative estimate of drug-likeness (QED) is 0.468. The third-order valence-corrected chi connectivity index (χ3v) is 8.29. The van der Waals surface area contributed by atoms with Crippen LogP contribution in [-0.4, -0.2) is 9.77 Å². The smallest absolute Gasteiger partial charge is 0.124 e. The van der Waals surface area contributed by atoms with E-state index in [0.717, 1.165) is 0 Å². The maximum absolute atomic E-state index is 2.72. The average Bonchev–Trinajstić information content (AvgIpc) is 2.91. The molecule has 0 fully saturated rings. The summed E-state index contributed by atoms with van der Waals surface area (Å²) in [4.78, 5) is 4.02. The van der Waals surface area contributed by atoms with Gasteiger partial charge in [0.25, 0.3) is 0 Å². The molecular weight excluding hydrogens is 394 g/mol. The lowest BCUT2D eigenvalue weighted by Crippen LogP contribution is -2.64. The maximum Gasteiger partial charge on any atom is 0.124 e. The van der Waals surface area contributed by atoms with Crippen molar-refractivity contribution < 1.29 is 0 Å². The van der Waals surface area contributed by atoms with Gasteiger partial charge in [-0.1, -0.05) is 135 Å². The van der Waals surface area contributed by atoms with Gasteiger partial charge in [-0.3, -0.25) is 0 Å². The fraction of sp³-hybridized carbons (Fsp3) is 0.448. The number of thioether (sulfide) groups is 1. The Balaban J connectivity index is 2.08. The summed E-state index contributed by atoms with van der Waals surface area (Å²) in [6, 6.07) is 21.9. The first-order chi connectivity index (χ1) is 14.3. The number of nitrogens with zero attached hydrogens (tertiary/aromatic N) is 1. The Morgan fingerprint density at radius 3 is 1.55 bits per heavy atom. The van der Waals surface area contributed by atoms with Gasteiger partial charge in [-0.2, -0.15) is 0 Å². The molecule has 1 atom stereocenters.